The molecule has 0 bridgehead atoms. The summed E-state index contributed by atoms with van der Waals surface area (Å²) in [4.78, 5) is 21.5. The Bertz CT molecular complexity index is 580. The third kappa shape index (κ3) is 2.27. The standard InChI is InChI=1S/C12H11NO6/c1-6(7(2)14)12(15)8-3-10-11(19-5-18-10)4-9(8)13(16)17/h3-4,12,15H,1,5H2,2H3/t12-/m0/s1. The third-order valence-electron chi connectivity index (χ3n) is 2.80. The maximum Gasteiger partial charge on any atom is 0.279 e. The molecule has 19 heavy (non-hydrogen) atoms. The molecule has 1 aliphatic rings. The molecule has 7 nitrogen and oxygen atoms in total. The molecular weight excluding hydrogens is 254 g/mol. The molecule has 1 aromatic rings. The normalized spacial score (nSPS) is 14.0. The number of hydrogen-bond donors (Lipinski definition) is 1. The number of carbonyl (C=O) groups is 1. The van der Waals surface area contributed by atoms with E-state index in [-0.39, 0.29) is 35.1 Å². The Labute approximate surface area is 108 Å². The molecule has 0 saturated heterocycles. The summed E-state index contributed by atoms with van der Waals surface area (Å²) < 4.78 is 10.1. The second kappa shape index (κ2) is 4.69. The zero-order valence-corrected chi connectivity index (χ0v) is 10.1. The summed E-state index contributed by atoms with van der Waals surface area (Å²) in [6.07, 6.45) is -1.45. The highest BCUT2D eigenvalue weighted by Gasteiger charge is 2.29. The van der Waals surface area contributed by atoms with E-state index in [1.807, 2.05) is 0 Å². The quantitative estimate of drug-likeness (QED) is 0.503. The summed E-state index contributed by atoms with van der Waals surface area (Å²) in [7, 11) is 0. The third-order valence-corrected chi connectivity index (χ3v) is 2.80. The van der Waals surface area contributed by atoms with Crippen molar-refractivity contribution in [2.75, 3.05) is 6.79 Å². The molecule has 1 aliphatic heterocycles. The minimum Gasteiger partial charge on any atom is -0.454 e. The van der Waals surface area contributed by atoms with E-state index in [4.69, 9.17) is 9.47 Å². The van der Waals surface area contributed by atoms with Crippen molar-refractivity contribution in [2.24, 2.45) is 0 Å². The Kier molecular flexibility index (Phi) is 3.22. The van der Waals surface area contributed by atoms with E-state index in [1.54, 1.807) is 0 Å². The molecule has 1 aromatic carbocycles. The number of aliphatic hydroxyl groups is 1. The van der Waals surface area contributed by atoms with Gasteiger partial charge in [-0.15, -0.1) is 0 Å². The predicted octanol–water partition coefficient (Wildman–Crippen LogP) is 1.50. The van der Waals surface area contributed by atoms with Gasteiger partial charge in [0.05, 0.1) is 16.6 Å². The average Bonchev–Trinajstić information content (AvgIpc) is 2.82. The monoisotopic (exact) mass is 265 g/mol. The van der Waals surface area contributed by atoms with Crippen molar-refractivity contribution >= 4 is 11.5 Å². The van der Waals surface area contributed by atoms with Crippen LogP contribution in [0.25, 0.3) is 0 Å². The number of ketones is 1. The predicted molar refractivity (Wildman–Crippen MR) is 64.0 cm³/mol. The molecule has 0 fully saturated rings. The van der Waals surface area contributed by atoms with Crippen LogP contribution in [0.1, 0.15) is 18.6 Å². The average molecular weight is 265 g/mol. The Balaban J connectivity index is 2.52. The fraction of sp³-hybridized carbons (Fsp3) is 0.250. The number of Topliss-reactive ketones (excluding diaryl/α,β-unsaturated/α-hetero) is 1. The van der Waals surface area contributed by atoms with Crippen LogP contribution in [0.4, 0.5) is 5.69 Å². The van der Waals surface area contributed by atoms with E-state index in [1.165, 1.54) is 13.0 Å². The highest BCUT2D eigenvalue weighted by molar-refractivity contribution is 5.94. The van der Waals surface area contributed by atoms with Crippen LogP contribution < -0.4 is 9.47 Å². The fourth-order valence-corrected chi connectivity index (χ4v) is 1.70. The highest BCUT2D eigenvalue weighted by atomic mass is 16.7. The molecular formula is C12H11NO6. The number of hydrogen-bond acceptors (Lipinski definition) is 6. The van der Waals surface area contributed by atoms with E-state index >= 15 is 0 Å². The van der Waals surface area contributed by atoms with E-state index in [0.717, 1.165) is 6.07 Å². The largest absolute Gasteiger partial charge is 0.454 e. The lowest BCUT2D eigenvalue weighted by molar-refractivity contribution is -0.386. The molecule has 1 atom stereocenters. The number of carbonyl (C=O) groups excluding carboxylic acids is 1. The van der Waals surface area contributed by atoms with E-state index in [2.05, 4.69) is 6.58 Å². The zero-order chi connectivity index (χ0) is 14.2. The summed E-state index contributed by atoms with van der Waals surface area (Å²) in [5.41, 5.74) is -0.518. The molecule has 7 heteroatoms. The first kappa shape index (κ1) is 13.0. The molecule has 0 aliphatic carbocycles. The Hall–Kier alpha value is -2.41. The van der Waals surface area contributed by atoms with Gasteiger partial charge >= 0.3 is 0 Å². The topological polar surface area (TPSA) is 98.9 Å². The lowest BCUT2D eigenvalue weighted by Gasteiger charge is -2.12. The summed E-state index contributed by atoms with van der Waals surface area (Å²) in [5, 5.41) is 21.0. The van der Waals surface area contributed by atoms with Gasteiger partial charge in [0.15, 0.2) is 17.3 Å². The van der Waals surface area contributed by atoms with Crippen LogP contribution in [-0.4, -0.2) is 22.6 Å². The molecule has 0 amide bonds. The van der Waals surface area contributed by atoms with Gasteiger partial charge in [0, 0.05) is 5.57 Å². The summed E-state index contributed by atoms with van der Waals surface area (Å²) in [5.74, 6) is 0.0755. The molecule has 0 unspecified atom stereocenters. The van der Waals surface area contributed by atoms with Gasteiger partial charge in [-0.1, -0.05) is 6.58 Å². The number of fused-ring (bicyclic) bond motifs is 1. The SMILES string of the molecule is C=C(C(C)=O)[C@H](O)c1cc2c(cc1[N+](=O)[O-])OCO2. The second-order valence-corrected chi connectivity index (χ2v) is 4.01. The Morgan fingerprint density at radius 1 is 1.47 bits per heavy atom. The van der Waals surface area contributed by atoms with Crippen LogP contribution in [0, 0.1) is 10.1 Å². The Morgan fingerprint density at radius 2 is 2.05 bits per heavy atom. The number of nitro benzene ring substituents is 1. The number of nitro groups is 1. The van der Waals surface area contributed by atoms with Crippen molar-refractivity contribution in [1.82, 2.24) is 0 Å². The van der Waals surface area contributed by atoms with Crippen molar-refractivity contribution < 1.29 is 24.3 Å². The maximum atomic E-state index is 11.2. The minimum atomic E-state index is -1.45. The first-order valence-corrected chi connectivity index (χ1v) is 5.37. The van der Waals surface area contributed by atoms with Crippen molar-refractivity contribution in [3.63, 3.8) is 0 Å². The van der Waals surface area contributed by atoms with Crippen LogP contribution in [-0.2, 0) is 4.79 Å². The van der Waals surface area contributed by atoms with Crippen LogP contribution in [0.3, 0.4) is 0 Å². The molecule has 0 aromatic heterocycles. The van der Waals surface area contributed by atoms with Gasteiger partial charge in [-0.05, 0) is 13.0 Å². The van der Waals surface area contributed by atoms with Gasteiger partial charge in [-0.25, -0.2) is 0 Å². The van der Waals surface area contributed by atoms with Gasteiger partial charge in [0.2, 0.25) is 6.79 Å². The zero-order valence-electron chi connectivity index (χ0n) is 10.1. The molecule has 100 valence electrons. The number of ether oxygens (including phenoxy) is 2. The van der Waals surface area contributed by atoms with Crippen LogP contribution in [0.5, 0.6) is 11.5 Å². The summed E-state index contributed by atoms with van der Waals surface area (Å²) >= 11 is 0. The number of nitrogens with zero attached hydrogens (tertiary/aromatic N) is 1. The molecule has 0 saturated carbocycles. The van der Waals surface area contributed by atoms with E-state index in [0.29, 0.717) is 0 Å². The first-order valence-electron chi connectivity index (χ1n) is 5.37. The van der Waals surface area contributed by atoms with Crippen LogP contribution in [0.15, 0.2) is 24.3 Å². The maximum absolute atomic E-state index is 11.2. The minimum absolute atomic E-state index is 0.0420. The summed E-state index contributed by atoms with van der Waals surface area (Å²) in [6, 6.07) is 2.45. The van der Waals surface area contributed by atoms with Gasteiger partial charge < -0.3 is 14.6 Å². The Morgan fingerprint density at radius 3 is 2.58 bits per heavy atom. The second-order valence-electron chi connectivity index (χ2n) is 4.01. The van der Waals surface area contributed by atoms with Gasteiger partial charge in [-0.2, -0.15) is 0 Å². The van der Waals surface area contributed by atoms with Gasteiger partial charge in [-0.3, -0.25) is 14.9 Å². The van der Waals surface area contributed by atoms with Crippen molar-refractivity contribution in [2.45, 2.75) is 13.0 Å². The lowest BCUT2D eigenvalue weighted by atomic mass is 9.98. The molecule has 0 radical (unpaired) electrons. The number of benzene rings is 1. The smallest absolute Gasteiger partial charge is 0.279 e. The molecule has 2 rings (SSSR count). The molecule has 1 N–H and O–H groups in total. The van der Waals surface area contributed by atoms with E-state index in [9.17, 15) is 20.0 Å². The highest BCUT2D eigenvalue weighted by Crippen LogP contribution is 2.41. The van der Waals surface area contributed by atoms with Crippen molar-refractivity contribution in [1.29, 1.82) is 0 Å². The lowest BCUT2D eigenvalue weighted by Crippen LogP contribution is -2.09. The van der Waals surface area contributed by atoms with Crippen LogP contribution in [0.2, 0.25) is 0 Å². The van der Waals surface area contributed by atoms with Crippen molar-refractivity contribution in [3.05, 3.63) is 40.0 Å². The van der Waals surface area contributed by atoms with Crippen LogP contribution >= 0.6 is 0 Å². The summed E-state index contributed by atoms with van der Waals surface area (Å²) in [6.45, 7) is 4.61. The fourth-order valence-electron chi connectivity index (χ4n) is 1.70. The van der Waals surface area contributed by atoms with Gasteiger partial charge in [0.1, 0.15) is 6.10 Å². The first-order chi connectivity index (χ1) is 8.91. The molecule has 1 heterocycles. The van der Waals surface area contributed by atoms with Crippen molar-refractivity contribution in [3.8, 4) is 11.5 Å². The molecule has 0 spiro atoms. The van der Waals surface area contributed by atoms with Gasteiger partial charge in [0.25, 0.3) is 5.69 Å². The number of aliphatic hydroxyl groups excluding tert-OH is 1. The van der Waals surface area contributed by atoms with E-state index < -0.39 is 16.8 Å². The number of rotatable bonds is 4.